The lowest BCUT2D eigenvalue weighted by Crippen LogP contribution is -2.45. The molecule has 0 unspecified atom stereocenters. The summed E-state index contributed by atoms with van der Waals surface area (Å²) in [6.07, 6.45) is 2.85. The number of hydrogen-bond donors (Lipinski definition) is 4. The van der Waals surface area contributed by atoms with Crippen LogP contribution in [0, 0.1) is 5.41 Å². The number of nitrogens with one attached hydrogen (secondary N) is 3. The van der Waals surface area contributed by atoms with Crippen LogP contribution in [0.25, 0.3) is 16.6 Å². The monoisotopic (exact) mass is 495 g/mol. The highest BCUT2D eigenvalue weighted by Crippen LogP contribution is 2.50. The Morgan fingerprint density at radius 2 is 1.97 bits per heavy atom. The summed E-state index contributed by atoms with van der Waals surface area (Å²) < 4.78 is 0. The Morgan fingerprint density at radius 3 is 2.73 bits per heavy atom. The fraction of sp³-hybridized carbons (Fsp3) is 0.286. The van der Waals surface area contributed by atoms with Gasteiger partial charge in [0.25, 0.3) is 5.56 Å². The zero-order valence-corrected chi connectivity index (χ0v) is 20.7. The number of anilines is 2. The maximum Gasteiger partial charge on any atom is 0.264 e. The number of aromatic amines is 2. The van der Waals surface area contributed by atoms with Crippen LogP contribution in [-0.4, -0.2) is 39.2 Å². The van der Waals surface area contributed by atoms with E-state index in [2.05, 4.69) is 61.2 Å². The Bertz CT molecular complexity index is 1590. The number of rotatable bonds is 4. The predicted octanol–water partition coefficient (Wildman–Crippen LogP) is 3.51. The van der Waals surface area contributed by atoms with Crippen LogP contribution < -0.4 is 21.5 Å². The van der Waals surface area contributed by atoms with Crippen molar-refractivity contribution in [1.29, 1.82) is 0 Å². The maximum atomic E-state index is 13.2. The molecule has 3 heterocycles. The van der Waals surface area contributed by atoms with Crippen LogP contribution in [0.5, 0.6) is 0 Å². The average Bonchev–Trinajstić information content (AvgIpc) is 3.44. The smallest absolute Gasteiger partial charge is 0.264 e. The van der Waals surface area contributed by atoms with Gasteiger partial charge >= 0.3 is 0 Å². The molecule has 2 aliphatic rings. The first-order valence-corrected chi connectivity index (χ1v) is 12.5. The Hall–Kier alpha value is -4.24. The standard InChI is InChI=1S/C28H29N7O2/c1-16(18-7-5-8-20(14-18)30-17(2)36)23-22-25(34-33-23)31-27(32-26(22)37)35-12-10-28(11-13-35)15-19-6-3-4-9-21(19)24(28)29/h3-9,14,24H,1,10-13,15,29H2,2H3,(H,30,36)(H2,31,32,33,34,37)/t24-/m1/s1. The summed E-state index contributed by atoms with van der Waals surface area (Å²) in [5, 5.41) is 10.4. The number of carbonyl (C=O) groups excluding carboxylic acids is 1. The van der Waals surface area contributed by atoms with Gasteiger partial charge in [-0.15, -0.1) is 0 Å². The van der Waals surface area contributed by atoms with Gasteiger partial charge in [0, 0.05) is 37.3 Å². The third kappa shape index (κ3) is 3.92. The maximum absolute atomic E-state index is 13.2. The van der Waals surface area contributed by atoms with Crippen molar-refractivity contribution in [2.45, 2.75) is 32.2 Å². The molecule has 0 saturated carbocycles. The quantitative estimate of drug-likeness (QED) is 0.342. The summed E-state index contributed by atoms with van der Waals surface area (Å²) in [6, 6.07) is 15.8. The van der Waals surface area contributed by atoms with Crippen LogP contribution in [0.15, 0.2) is 59.9 Å². The van der Waals surface area contributed by atoms with E-state index in [1.807, 2.05) is 18.2 Å². The van der Waals surface area contributed by atoms with Gasteiger partial charge in [0.15, 0.2) is 5.65 Å². The summed E-state index contributed by atoms with van der Waals surface area (Å²) in [4.78, 5) is 34.4. The molecule has 1 fully saturated rings. The Morgan fingerprint density at radius 1 is 1.19 bits per heavy atom. The zero-order valence-electron chi connectivity index (χ0n) is 20.7. The lowest BCUT2D eigenvalue weighted by atomic mass is 9.73. The molecule has 4 aromatic rings. The second kappa shape index (κ2) is 8.70. The normalized spacial score (nSPS) is 18.2. The van der Waals surface area contributed by atoms with Gasteiger partial charge in [-0.05, 0) is 53.5 Å². The highest BCUT2D eigenvalue weighted by Gasteiger charge is 2.46. The molecule has 1 saturated heterocycles. The van der Waals surface area contributed by atoms with Gasteiger partial charge < -0.3 is 16.0 Å². The Balaban J connectivity index is 1.24. The van der Waals surface area contributed by atoms with Crippen molar-refractivity contribution in [3.63, 3.8) is 0 Å². The lowest BCUT2D eigenvalue weighted by Gasteiger charge is -2.42. The van der Waals surface area contributed by atoms with E-state index in [1.165, 1.54) is 18.1 Å². The molecule has 2 aromatic heterocycles. The zero-order chi connectivity index (χ0) is 25.7. The van der Waals surface area contributed by atoms with Crippen LogP contribution in [-0.2, 0) is 11.2 Å². The first kappa shape index (κ1) is 23.2. The van der Waals surface area contributed by atoms with Gasteiger partial charge in [-0.3, -0.25) is 19.7 Å². The number of aromatic nitrogens is 4. The highest BCUT2D eigenvalue weighted by atomic mass is 16.1. The molecule has 1 aliphatic heterocycles. The van der Waals surface area contributed by atoms with E-state index >= 15 is 0 Å². The largest absolute Gasteiger partial charge is 0.342 e. The van der Waals surface area contributed by atoms with E-state index in [1.54, 1.807) is 6.07 Å². The van der Waals surface area contributed by atoms with Crippen molar-refractivity contribution in [1.82, 2.24) is 20.2 Å². The van der Waals surface area contributed by atoms with Crippen LogP contribution in [0.3, 0.4) is 0 Å². The van der Waals surface area contributed by atoms with Crippen LogP contribution >= 0.6 is 0 Å². The number of nitrogens with two attached hydrogens (primary N) is 1. The fourth-order valence-electron chi connectivity index (χ4n) is 5.89. The first-order valence-electron chi connectivity index (χ1n) is 12.5. The van der Waals surface area contributed by atoms with Gasteiger partial charge in [0.05, 0.1) is 5.69 Å². The van der Waals surface area contributed by atoms with Crippen molar-refractivity contribution in [3.8, 4) is 0 Å². The second-order valence-electron chi connectivity index (χ2n) is 10.1. The fourth-order valence-corrected chi connectivity index (χ4v) is 5.89. The molecule has 2 aromatic carbocycles. The number of hydrogen-bond acceptors (Lipinski definition) is 6. The summed E-state index contributed by atoms with van der Waals surface area (Å²) in [7, 11) is 0. The van der Waals surface area contributed by atoms with Crippen molar-refractivity contribution in [2.75, 3.05) is 23.3 Å². The average molecular weight is 496 g/mol. The van der Waals surface area contributed by atoms with Gasteiger partial charge in [-0.1, -0.05) is 43.0 Å². The van der Waals surface area contributed by atoms with Gasteiger partial charge in [0.1, 0.15) is 5.39 Å². The molecular weight excluding hydrogens is 466 g/mol. The number of piperidine rings is 1. The van der Waals surface area contributed by atoms with Gasteiger partial charge in [-0.25, -0.2) is 0 Å². The molecule has 188 valence electrons. The molecule has 1 spiro atoms. The highest BCUT2D eigenvalue weighted by molar-refractivity contribution is 5.94. The second-order valence-corrected chi connectivity index (χ2v) is 10.1. The Labute approximate surface area is 213 Å². The van der Waals surface area contributed by atoms with E-state index in [9.17, 15) is 9.59 Å². The molecule has 6 rings (SSSR count). The van der Waals surface area contributed by atoms with E-state index < -0.39 is 0 Å². The molecule has 37 heavy (non-hydrogen) atoms. The number of benzene rings is 2. The van der Waals surface area contributed by atoms with Crippen molar-refractivity contribution in [3.05, 3.63) is 87.8 Å². The number of carbonyl (C=O) groups is 1. The van der Waals surface area contributed by atoms with Gasteiger partial charge in [-0.2, -0.15) is 10.1 Å². The van der Waals surface area contributed by atoms with E-state index in [4.69, 9.17) is 5.73 Å². The number of nitrogens with zero attached hydrogens (tertiary/aromatic N) is 3. The number of H-pyrrole nitrogens is 2. The van der Waals surface area contributed by atoms with E-state index in [0.29, 0.717) is 33.9 Å². The van der Waals surface area contributed by atoms with Gasteiger partial charge in [0.2, 0.25) is 11.9 Å². The van der Waals surface area contributed by atoms with E-state index in [-0.39, 0.29) is 22.9 Å². The topological polar surface area (TPSA) is 133 Å². The van der Waals surface area contributed by atoms with Crippen molar-refractivity contribution < 1.29 is 4.79 Å². The molecular formula is C28H29N7O2. The number of fused-ring (bicyclic) bond motifs is 2. The minimum Gasteiger partial charge on any atom is -0.342 e. The summed E-state index contributed by atoms with van der Waals surface area (Å²) in [5.74, 6) is 0.360. The molecule has 1 aliphatic carbocycles. The van der Waals surface area contributed by atoms with Crippen molar-refractivity contribution >= 4 is 34.1 Å². The minimum absolute atomic E-state index is 0.0319. The predicted molar refractivity (Wildman–Crippen MR) is 144 cm³/mol. The van der Waals surface area contributed by atoms with Crippen LogP contribution in [0.4, 0.5) is 11.6 Å². The lowest BCUT2D eigenvalue weighted by molar-refractivity contribution is -0.114. The molecule has 9 heteroatoms. The van der Waals surface area contributed by atoms with Crippen LogP contribution in [0.2, 0.25) is 0 Å². The number of amides is 1. The summed E-state index contributed by atoms with van der Waals surface area (Å²) >= 11 is 0. The van der Waals surface area contributed by atoms with Crippen molar-refractivity contribution in [2.24, 2.45) is 11.1 Å². The summed E-state index contributed by atoms with van der Waals surface area (Å²) in [5.41, 5.74) is 12.0. The molecule has 1 atom stereocenters. The third-order valence-corrected chi connectivity index (χ3v) is 7.90. The Kier molecular flexibility index (Phi) is 5.45. The third-order valence-electron chi connectivity index (χ3n) is 7.90. The van der Waals surface area contributed by atoms with Crippen LogP contribution in [0.1, 0.15) is 48.2 Å². The molecule has 9 nitrogen and oxygen atoms in total. The minimum atomic E-state index is -0.270. The summed E-state index contributed by atoms with van der Waals surface area (Å²) in [6.45, 7) is 7.14. The molecule has 5 N–H and O–H groups in total. The molecule has 0 radical (unpaired) electrons. The van der Waals surface area contributed by atoms with E-state index in [0.717, 1.165) is 37.9 Å². The first-order chi connectivity index (χ1) is 17.8. The molecule has 1 amide bonds. The SMILES string of the molecule is C=C(c1cccc(NC(C)=O)c1)c1[nH]nc2nc(N3CCC4(CC3)Cc3ccccc3[C@H]4N)[nH]c(=O)c12. The molecule has 0 bridgehead atoms.